The fraction of sp³-hybridized carbons (Fsp3) is 0.455. The first-order valence-corrected chi connectivity index (χ1v) is 8.61. The van der Waals surface area contributed by atoms with Gasteiger partial charge in [-0.3, -0.25) is 0 Å². The number of benzene rings is 2. The van der Waals surface area contributed by atoms with E-state index in [1.165, 1.54) is 24.0 Å². The number of rotatable bonds is 3. The Balaban J connectivity index is 0.000000372. The fourth-order valence-corrected chi connectivity index (χ4v) is 1.26. The summed E-state index contributed by atoms with van der Waals surface area (Å²) in [7, 11) is 0. The zero-order chi connectivity index (χ0) is 16.8. The van der Waals surface area contributed by atoms with Gasteiger partial charge in [0.2, 0.25) is 0 Å². The van der Waals surface area contributed by atoms with Crippen LogP contribution in [0, 0.1) is 11.8 Å². The summed E-state index contributed by atoms with van der Waals surface area (Å²) in [4.78, 5) is 0. The highest BCUT2D eigenvalue weighted by Crippen LogP contribution is 2.17. The third-order valence-electron chi connectivity index (χ3n) is 3.51. The average Bonchev–Trinajstić information content (AvgIpc) is 2.57. The lowest BCUT2D eigenvalue weighted by Gasteiger charge is -1.98. The predicted molar refractivity (Wildman–Crippen MR) is 102 cm³/mol. The van der Waals surface area contributed by atoms with Crippen LogP contribution in [0.2, 0.25) is 0 Å². The molecule has 0 N–H and O–H groups in total. The lowest BCUT2D eigenvalue weighted by molar-refractivity contribution is 0.626. The van der Waals surface area contributed by atoms with Crippen molar-refractivity contribution in [1.82, 2.24) is 0 Å². The summed E-state index contributed by atoms with van der Waals surface area (Å²) in [6, 6.07) is 20.8. The van der Waals surface area contributed by atoms with Gasteiger partial charge in [-0.2, -0.15) is 0 Å². The third kappa shape index (κ3) is 11.1. The van der Waals surface area contributed by atoms with Crippen LogP contribution in [0.5, 0.6) is 0 Å². The molecule has 22 heavy (non-hydrogen) atoms. The van der Waals surface area contributed by atoms with Crippen LogP contribution in [0.3, 0.4) is 0 Å². The first-order chi connectivity index (χ1) is 10.5. The zero-order valence-electron chi connectivity index (χ0n) is 15.3. The Morgan fingerprint density at radius 3 is 0.955 bits per heavy atom. The molecule has 0 heterocycles. The molecule has 122 valence electrons. The van der Waals surface area contributed by atoms with E-state index in [4.69, 9.17) is 0 Å². The second-order valence-corrected chi connectivity index (χ2v) is 6.34. The maximum absolute atomic E-state index is 2.22. The largest absolute Gasteiger partial charge is 0.0651 e. The molecule has 0 amide bonds. The Kier molecular flexibility index (Phi) is 12.2. The quantitative estimate of drug-likeness (QED) is 0.551. The topological polar surface area (TPSA) is 0 Å². The van der Waals surface area contributed by atoms with Gasteiger partial charge in [0, 0.05) is 0 Å². The van der Waals surface area contributed by atoms with Gasteiger partial charge >= 0.3 is 0 Å². The molecule has 2 aromatic carbocycles. The van der Waals surface area contributed by atoms with E-state index >= 15 is 0 Å². The van der Waals surface area contributed by atoms with E-state index < -0.39 is 0 Å². The molecule has 0 aliphatic rings. The molecule has 0 nitrogen and oxygen atoms in total. The molecule has 0 aliphatic heterocycles. The molecular formula is C22H34. The summed E-state index contributed by atoms with van der Waals surface area (Å²) in [5, 5.41) is 0. The molecule has 0 fully saturated rings. The zero-order valence-corrected chi connectivity index (χ0v) is 15.3. The monoisotopic (exact) mass is 298 g/mol. The minimum absolute atomic E-state index is 0.884. The molecule has 2 rings (SSSR count). The predicted octanol–water partition coefficient (Wildman–Crippen LogP) is 7.46. The minimum Gasteiger partial charge on any atom is -0.0651 e. The van der Waals surface area contributed by atoms with Crippen LogP contribution in [0.15, 0.2) is 60.7 Å². The first-order valence-electron chi connectivity index (χ1n) is 8.61. The van der Waals surface area contributed by atoms with Gasteiger partial charge < -0.3 is 0 Å². The van der Waals surface area contributed by atoms with Crippen molar-refractivity contribution in [3.05, 3.63) is 60.7 Å². The van der Waals surface area contributed by atoms with E-state index in [1.54, 1.807) is 0 Å². The summed E-state index contributed by atoms with van der Waals surface area (Å²) in [5.41, 5.74) is 2.55. The molecular weight excluding hydrogens is 264 g/mol. The van der Waals surface area contributed by atoms with Gasteiger partial charge in [-0.25, -0.2) is 0 Å². The van der Waals surface area contributed by atoms with Gasteiger partial charge in [0.05, 0.1) is 0 Å². The highest BCUT2D eigenvalue weighted by molar-refractivity contribution is 5.62. The number of hydrogen-bond acceptors (Lipinski definition) is 0. The van der Waals surface area contributed by atoms with E-state index in [0.717, 1.165) is 11.8 Å². The van der Waals surface area contributed by atoms with Gasteiger partial charge in [-0.05, 0) is 23.0 Å². The van der Waals surface area contributed by atoms with Crippen LogP contribution in [-0.2, 0) is 0 Å². The summed E-state index contributed by atoms with van der Waals surface area (Å²) >= 11 is 0. The van der Waals surface area contributed by atoms with Crippen molar-refractivity contribution in [3.63, 3.8) is 0 Å². The Hall–Kier alpha value is -1.56. The summed E-state index contributed by atoms with van der Waals surface area (Å²) < 4.78 is 0. The molecule has 0 aliphatic carbocycles. The second kappa shape index (κ2) is 13.1. The van der Waals surface area contributed by atoms with Gasteiger partial charge in [0.25, 0.3) is 0 Å². The van der Waals surface area contributed by atoms with Crippen molar-refractivity contribution in [2.75, 3.05) is 0 Å². The fourth-order valence-electron chi connectivity index (χ4n) is 1.26. The van der Waals surface area contributed by atoms with Gasteiger partial charge in [0.15, 0.2) is 0 Å². The molecule has 0 heteroatoms. The summed E-state index contributed by atoms with van der Waals surface area (Å²) in [6.07, 6.45) is 2.61. The highest BCUT2D eigenvalue weighted by Gasteiger charge is 1.91. The van der Waals surface area contributed by atoms with E-state index in [0.29, 0.717) is 0 Å². The Morgan fingerprint density at radius 2 is 0.773 bits per heavy atom. The molecule has 0 aromatic heterocycles. The van der Waals surface area contributed by atoms with E-state index in [1.807, 2.05) is 12.1 Å². The lowest BCUT2D eigenvalue weighted by Crippen LogP contribution is -1.77. The maximum Gasteiger partial charge on any atom is -0.0184 e. The van der Waals surface area contributed by atoms with Gasteiger partial charge in [-0.15, -0.1) is 0 Å². The molecule has 0 spiro atoms. The molecule has 0 unspecified atom stereocenters. The molecule has 2 aromatic rings. The molecule has 0 radical (unpaired) electrons. The smallest absolute Gasteiger partial charge is 0.0184 e. The van der Waals surface area contributed by atoms with Crippen molar-refractivity contribution < 1.29 is 0 Å². The summed E-state index contributed by atoms with van der Waals surface area (Å²) in [5.74, 6) is 1.77. The van der Waals surface area contributed by atoms with Crippen LogP contribution < -0.4 is 0 Å². The van der Waals surface area contributed by atoms with Crippen LogP contribution in [0.25, 0.3) is 11.1 Å². The van der Waals surface area contributed by atoms with Crippen molar-refractivity contribution >= 4 is 0 Å². The van der Waals surface area contributed by atoms with E-state index in [-0.39, 0.29) is 0 Å². The van der Waals surface area contributed by atoms with E-state index in [9.17, 15) is 0 Å². The third-order valence-corrected chi connectivity index (χ3v) is 3.51. The number of hydrogen-bond donors (Lipinski definition) is 0. The van der Waals surface area contributed by atoms with Crippen LogP contribution in [-0.4, -0.2) is 0 Å². The Labute approximate surface area is 138 Å². The Bertz CT molecular complexity index is 394. The molecule has 0 saturated carbocycles. The summed E-state index contributed by atoms with van der Waals surface area (Å²) in [6.45, 7) is 13.3. The van der Waals surface area contributed by atoms with Crippen LogP contribution in [0.1, 0.15) is 54.4 Å². The Morgan fingerprint density at radius 1 is 0.545 bits per heavy atom. The van der Waals surface area contributed by atoms with E-state index in [2.05, 4.69) is 90.1 Å². The minimum atomic E-state index is 0.884. The SMILES string of the molecule is CCC(C)C.CCC(C)C.c1ccc(-c2ccccc2)cc1. The van der Waals surface area contributed by atoms with Crippen LogP contribution >= 0.6 is 0 Å². The van der Waals surface area contributed by atoms with Crippen molar-refractivity contribution in [2.24, 2.45) is 11.8 Å². The van der Waals surface area contributed by atoms with Gasteiger partial charge in [-0.1, -0.05) is 115 Å². The van der Waals surface area contributed by atoms with Crippen molar-refractivity contribution in [1.29, 1.82) is 0 Å². The lowest BCUT2D eigenvalue weighted by atomic mass is 10.1. The van der Waals surface area contributed by atoms with Crippen molar-refractivity contribution in [2.45, 2.75) is 54.4 Å². The second-order valence-electron chi connectivity index (χ2n) is 6.34. The normalized spacial score (nSPS) is 9.64. The highest BCUT2D eigenvalue weighted by atomic mass is 14.0. The first kappa shape index (κ1) is 20.4. The molecule has 0 bridgehead atoms. The van der Waals surface area contributed by atoms with Gasteiger partial charge in [0.1, 0.15) is 0 Å². The molecule has 0 saturated heterocycles. The molecule has 0 atom stereocenters. The van der Waals surface area contributed by atoms with Crippen LogP contribution in [0.4, 0.5) is 0 Å². The van der Waals surface area contributed by atoms with Crippen molar-refractivity contribution in [3.8, 4) is 11.1 Å². The maximum atomic E-state index is 2.22. The average molecular weight is 299 g/mol. The standard InChI is InChI=1S/C12H10.2C5H12/c1-3-7-11(8-4-1)12-9-5-2-6-10-12;2*1-4-5(2)3/h1-10H;2*5H,4H2,1-3H3.